The van der Waals surface area contributed by atoms with Crippen molar-refractivity contribution in [2.75, 3.05) is 7.11 Å². The van der Waals surface area contributed by atoms with Crippen LogP contribution in [0.15, 0.2) is 90.6 Å². The number of benzene rings is 3. The highest BCUT2D eigenvalue weighted by atomic mass is 16.5. The molecule has 0 amide bonds. The molecule has 0 N–H and O–H groups in total. The molecule has 0 bridgehead atoms. The van der Waals surface area contributed by atoms with Crippen molar-refractivity contribution < 1.29 is 9.47 Å². The van der Waals surface area contributed by atoms with Crippen LogP contribution in [0.2, 0.25) is 0 Å². The van der Waals surface area contributed by atoms with Crippen LogP contribution >= 0.6 is 0 Å². The summed E-state index contributed by atoms with van der Waals surface area (Å²) in [5.74, 6) is 5.34. The number of aryl methyl sites for hydroxylation is 1. The van der Waals surface area contributed by atoms with Crippen molar-refractivity contribution >= 4 is 21.8 Å². The molecule has 3 aromatic carbocycles. The topological polar surface area (TPSA) is 54.1 Å². The lowest BCUT2D eigenvalue weighted by Crippen LogP contribution is -2.21. The van der Waals surface area contributed by atoms with E-state index in [-0.39, 0.29) is 0 Å². The number of rotatable bonds is 8. The molecule has 2 atom stereocenters. The molecule has 3 heterocycles. The van der Waals surface area contributed by atoms with Gasteiger partial charge in [0.15, 0.2) is 0 Å². The maximum absolute atomic E-state index is 6.84. The number of aromatic nitrogens is 4. The molecule has 0 spiro atoms. The van der Waals surface area contributed by atoms with E-state index < -0.39 is 0 Å². The largest absolute Gasteiger partial charge is 0.497 e. The van der Waals surface area contributed by atoms with Gasteiger partial charge in [0.2, 0.25) is 0 Å². The highest BCUT2D eigenvalue weighted by Gasteiger charge is 2.37. The Bertz CT molecular complexity index is 2330. The Morgan fingerprint density at radius 3 is 2.24 bits per heavy atom. The molecule has 3 aliphatic carbocycles. The first-order valence-electron chi connectivity index (χ1n) is 20.6. The number of methoxy groups -OCH3 is 1. The lowest BCUT2D eigenvalue weighted by atomic mass is 9.71. The van der Waals surface area contributed by atoms with Gasteiger partial charge in [-0.25, -0.2) is 9.67 Å². The second kappa shape index (κ2) is 14.8. The van der Waals surface area contributed by atoms with Crippen molar-refractivity contribution in [3.63, 3.8) is 0 Å². The van der Waals surface area contributed by atoms with E-state index in [0.29, 0.717) is 23.7 Å². The summed E-state index contributed by atoms with van der Waals surface area (Å²) in [6, 6.07) is 25.5. The fraction of sp³-hybridized carbons (Fsp3) is 0.417. The molecule has 0 saturated heterocycles. The van der Waals surface area contributed by atoms with Gasteiger partial charge in [-0.3, -0.25) is 4.57 Å². The predicted molar refractivity (Wildman–Crippen MR) is 220 cm³/mol. The smallest absolute Gasteiger partial charge is 0.141 e. The number of nitrogens with zero attached hydrogens (tertiary/aromatic N) is 4. The zero-order valence-electron chi connectivity index (χ0n) is 32.5. The van der Waals surface area contributed by atoms with Crippen LogP contribution in [-0.2, 0) is 0 Å². The molecule has 6 heteroatoms. The molecule has 0 unspecified atom stereocenters. The number of ether oxygens (including phenoxy) is 2. The normalized spacial score (nSPS) is 20.0. The molecule has 6 aromatic rings. The van der Waals surface area contributed by atoms with Gasteiger partial charge in [0, 0.05) is 58.5 Å². The van der Waals surface area contributed by atoms with Gasteiger partial charge in [0.25, 0.3) is 0 Å². The molecule has 3 aliphatic rings. The van der Waals surface area contributed by atoms with Gasteiger partial charge in [-0.1, -0.05) is 75.3 Å². The van der Waals surface area contributed by atoms with Gasteiger partial charge >= 0.3 is 0 Å². The molecule has 0 radical (unpaired) electrons. The summed E-state index contributed by atoms with van der Waals surface area (Å²) in [5.41, 5.74) is 10.5. The Balaban J connectivity index is 1.17. The van der Waals surface area contributed by atoms with E-state index in [0.717, 1.165) is 45.2 Å². The van der Waals surface area contributed by atoms with Crippen molar-refractivity contribution in [3.8, 4) is 28.8 Å². The summed E-state index contributed by atoms with van der Waals surface area (Å²) >= 11 is 0. The minimum atomic E-state index is 0.444. The molecule has 9 rings (SSSR count). The monoisotopic (exact) mass is 718 g/mol. The molecule has 6 nitrogen and oxygen atoms in total. The number of pyridine rings is 1. The number of para-hydroxylation sites is 1. The molecule has 3 aromatic heterocycles. The Morgan fingerprint density at radius 1 is 0.704 bits per heavy atom. The Morgan fingerprint density at radius 2 is 1.46 bits per heavy atom. The fourth-order valence-electron chi connectivity index (χ4n) is 10.2. The summed E-state index contributed by atoms with van der Waals surface area (Å²) in [4.78, 5) is 4.76. The summed E-state index contributed by atoms with van der Waals surface area (Å²) in [6.07, 6.45) is 19.7. The summed E-state index contributed by atoms with van der Waals surface area (Å²) in [6.45, 7) is 7.08. The van der Waals surface area contributed by atoms with Crippen molar-refractivity contribution in [2.24, 2.45) is 5.92 Å². The van der Waals surface area contributed by atoms with Crippen LogP contribution < -0.4 is 9.47 Å². The zero-order chi connectivity index (χ0) is 36.8. The molecule has 278 valence electrons. The maximum atomic E-state index is 6.84. The maximum Gasteiger partial charge on any atom is 0.141 e. The third kappa shape index (κ3) is 6.41. The van der Waals surface area contributed by atoms with Gasteiger partial charge in [-0.05, 0) is 100 Å². The van der Waals surface area contributed by atoms with Crippen LogP contribution in [0.3, 0.4) is 0 Å². The van der Waals surface area contributed by atoms with E-state index in [1.165, 1.54) is 99.4 Å². The predicted octanol–water partition coefficient (Wildman–Crippen LogP) is 13.0. The third-order valence-corrected chi connectivity index (χ3v) is 12.8. The highest BCUT2D eigenvalue weighted by Crippen LogP contribution is 2.49. The van der Waals surface area contributed by atoms with E-state index in [2.05, 4.69) is 96.8 Å². The standard InChI is InChI=1S/C48H54N4O2/c1-31-26-36(52-48(35-18-9-6-10-19-35)46(45-32(2)14-13-15-33(45)3)47(50-52)34-16-7-5-8-17-34)28-39(27-31)54-38-22-23-41-40-20-11-12-21-42(40)51(43(41)29-38)44-30-37(53-4)24-25-49-44/h11-12,14,20-30,33-35,45H,5-10,13,15-19H2,1-4H3/t33-,45+/m0/s1. The number of allylic oxidation sites excluding steroid dienone is 2. The quantitative estimate of drug-likeness (QED) is 0.147. The molecule has 2 saturated carbocycles. The van der Waals surface area contributed by atoms with E-state index in [4.69, 9.17) is 19.6 Å². The van der Waals surface area contributed by atoms with Crippen molar-refractivity contribution in [2.45, 2.75) is 116 Å². The highest BCUT2D eigenvalue weighted by molar-refractivity contribution is 6.09. The van der Waals surface area contributed by atoms with E-state index >= 15 is 0 Å². The van der Waals surface area contributed by atoms with Gasteiger partial charge in [0.1, 0.15) is 23.1 Å². The lowest BCUT2D eigenvalue weighted by Gasteiger charge is -2.33. The summed E-state index contributed by atoms with van der Waals surface area (Å²) in [5, 5.41) is 8.09. The van der Waals surface area contributed by atoms with Crippen molar-refractivity contribution in [1.29, 1.82) is 0 Å². The van der Waals surface area contributed by atoms with Crippen LogP contribution in [0.25, 0.3) is 33.3 Å². The van der Waals surface area contributed by atoms with E-state index in [1.54, 1.807) is 24.4 Å². The lowest BCUT2D eigenvalue weighted by molar-refractivity contribution is 0.406. The number of hydrogen-bond acceptors (Lipinski definition) is 4. The summed E-state index contributed by atoms with van der Waals surface area (Å²) < 4.78 is 17.0. The molecular weight excluding hydrogens is 665 g/mol. The van der Waals surface area contributed by atoms with Gasteiger partial charge in [0.05, 0.1) is 35.2 Å². The fourth-order valence-corrected chi connectivity index (χ4v) is 10.2. The molecule has 54 heavy (non-hydrogen) atoms. The first kappa shape index (κ1) is 34.9. The van der Waals surface area contributed by atoms with Gasteiger partial charge in [-0.15, -0.1) is 0 Å². The van der Waals surface area contributed by atoms with E-state index in [9.17, 15) is 0 Å². The Labute approximate surface area is 320 Å². The SMILES string of the molecule is COc1ccnc(-n2c3ccccc3c3ccc(Oc4cc(C)cc(-n5nc(C6CCCCC6)c([C@@H]6C(C)=CCC[C@@H]6C)c5C5CCCCC5)c4)cc32)c1. The summed E-state index contributed by atoms with van der Waals surface area (Å²) in [7, 11) is 1.70. The van der Waals surface area contributed by atoms with Gasteiger partial charge in [-0.2, -0.15) is 5.10 Å². The first-order chi connectivity index (χ1) is 26.5. The average molecular weight is 719 g/mol. The van der Waals surface area contributed by atoms with Crippen molar-refractivity contribution in [3.05, 3.63) is 113 Å². The Hall–Kier alpha value is -4.84. The minimum absolute atomic E-state index is 0.444. The molecule has 2 fully saturated rings. The molecule has 0 aliphatic heterocycles. The molecular formula is C48H54N4O2. The second-order valence-electron chi connectivity index (χ2n) is 16.4. The second-order valence-corrected chi connectivity index (χ2v) is 16.4. The first-order valence-corrected chi connectivity index (χ1v) is 20.6. The number of hydrogen-bond donors (Lipinski definition) is 0. The zero-order valence-corrected chi connectivity index (χ0v) is 32.5. The van der Waals surface area contributed by atoms with Gasteiger partial charge < -0.3 is 9.47 Å². The van der Waals surface area contributed by atoms with Crippen LogP contribution in [0.4, 0.5) is 0 Å². The van der Waals surface area contributed by atoms with Crippen LogP contribution in [-0.4, -0.2) is 26.4 Å². The minimum Gasteiger partial charge on any atom is -0.497 e. The number of fused-ring (bicyclic) bond motifs is 3. The van der Waals surface area contributed by atoms with E-state index in [1.807, 2.05) is 12.1 Å². The third-order valence-electron chi connectivity index (χ3n) is 12.8. The van der Waals surface area contributed by atoms with Crippen LogP contribution in [0, 0.1) is 12.8 Å². The average Bonchev–Trinajstić information content (AvgIpc) is 3.75. The van der Waals surface area contributed by atoms with Crippen LogP contribution in [0.5, 0.6) is 17.2 Å². The van der Waals surface area contributed by atoms with Crippen molar-refractivity contribution in [1.82, 2.24) is 19.3 Å². The van der Waals surface area contributed by atoms with Crippen LogP contribution in [0.1, 0.15) is 131 Å². The Kier molecular flexibility index (Phi) is 9.54.